The normalized spacial score (nSPS) is 23.9. The van der Waals surface area contributed by atoms with Crippen molar-refractivity contribution in [3.63, 3.8) is 0 Å². The molecule has 0 saturated carbocycles. The lowest BCUT2D eigenvalue weighted by Gasteiger charge is -2.41. The van der Waals surface area contributed by atoms with Crippen LogP contribution in [-0.4, -0.2) is 55.9 Å². The van der Waals surface area contributed by atoms with E-state index in [0.717, 1.165) is 49.3 Å². The quantitative estimate of drug-likeness (QED) is 0.701. The van der Waals surface area contributed by atoms with E-state index in [1.54, 1.807) is 5.56 Å². The van der Waals surface area contributed by atoms with E-state index in [4.69, 9.17) is 4.52 Å². The maximum absolute atomic E-state index is 5.48. The van der Waals surface area contributed by atoms with Crippen LogP contribution < -0.4 is 9.80 Å². The number of piperidine rings is 1. The minimum Gasteiger partial charge on any atom is -0.371 e. The van der Waals surface area contributed by atoms with E-state index in [0.29, 0.717) is 12.0 Å². The molecule has 0 spiro atoms. The zero-order chi connectivity index (χ0) is 18.7. The van der Waals surface area contributed by atoms with Crippen molar-refractivity contribution in [3.8, 4) is 0 Å². The Morgan fingerprint density at radius 3 is 2.96 bits per heavy atom. The van der Waals surface area contributed by atoms with Gasteiger partial charge in [-0.3, -0.25) is 0 Å². The van der Waals surface area contributed by atoms with Gasteiger partial charge in [-0.15, -0.1) is 0 Å². The summed E-state index contributed by atoms with van der Waals surface area (Å²) in [6, 6.07) is 15.8. The summed E-state index contributed by atoms with van der Waals surface area (Å²) in [5.74, 6) is 0.629. The number of likely N-dealkylation sites (tertiary alicyclic amines) is 1. The van der Waals surface area contributed by atoms with Crippen molar-refractivity contribution in [3.05, 3.63) is 53.7 Å². The van der Waals surface area contributed by atoms with Gasteiger partial charge in [0.2, 0.25) is 0 Å². The maximum Gasteiger partial charge on any atom is 0.167 e. The average Bonchev–Trinajstić information content (AvgIpc) is 3.29. The third-order valence-electron chi connectivity index (χ3n) is 7.00. The van der Waals surface area contributed by atoms with Crippen LogP contribution in [0.25, 0.3) is 11.0 Å². The highest BCUT2D eigenvalue weighted by Crippen LogP contribution is 2.50. The van der Waals surface area contributed by atoms with Gasteiger partial charge in [0, 0.05) is 63.5 Å². The molecule has 3 aromatic rings. The van der Waals surface area contributed by atoms with Gasteiger partial charge in [0.1, 0.15) is 0 Å². The molecular formula is C23H26N4O. The molecule has 2 atom stereocenters. The number of hydrogen-bond acceptors (Lipinski definition) is 5. The molecule has 1 aromatic heterocycles. The molecule has 28 heavy (non-hydrogen) atoms. The molecule has 1 fully saturated rings. The highest BCUT2D eigenvalue weighted by atomic mass is 16.5. The van der Waals surface area contributed by atoms with Crippen molar-refractivity contribution in [1.29, 1.82) is 0 Å². The van der Waals surface area contributed by atoms with Crippen molar-refractivity contribution in [2.24, 2.45) is 0 Å². The molecule has 0 aliphatic carbocycles. The molecule has 4 heterocycles. The van der Waals surface area contributed by atoms with Gasteiger partial charge < -0.3 is 19.2 Å². The molecule has 0 radical (unpaired) electrons. The fourth-order valence-electron chi connectivity index (χ4n) is 5.56. The molecule has 0 amide bonds. The fraction of sp³-hybridized carbons (Fsp3) is 0.435. The number of rotatable bonds is 3. The molecule has 5 nitrogen and oxygen atoms in total. The second-order valence-corrected chi connectivity index (χ2v) is 8.47. The SMILES string of the molecule is CN1CCN2c3c(cccc31)[C@@H]1CN(CCc3noc4ccccc34)CC[C@@H]12. The molecule has 2 aromatic carbocycles. The fourth-order valence-corrected chi connectivity index (χ4v) is 5.56. The van der Waals surface area contributed by atoms with Gasteiger partial charge in [-0.25, -0.2) is 0 Å². The molecule has 3 aliphatic heterocycles. The minimum absolute atomic E-state index is 0.629. The minimum atomic E-state index is 0.629. The zero-order valence-corrected chi connectivity index (χ0v) is 16.3. The first-order chi connectivity index (χ1) is 13.8. The van der Waals surface area contributed by atoms with Crippen LogP contribution >= 0.6 is 0 Å². The van der Waals surface area contributed by atoms with Gasteiger partial charge in [-0.1, -0.05) is 29.4 Å². The summed E-state index contributed by atoms with van der Waals surface area (Å²) in [6.07, 6.45) is 2.20. The summed E-state index contributed by atoms with van der Waals surface area (Å²) < 4.78 is 5.48. The van der Waals surface area contributed by atoms with Crippen molar-refractivity contribution in [2.45, 2.75) is 24.8 Å². The van der Waals surface area contributed by atoms with Crippen LogP contribution in [0.4, 0.5) is 11.4 Å². The highest BCUT2D eigenvalue weighted by Gasteiger charge is 2.44. The third kappa shape index (κ3) is 2.39. The number of aromatic nitrogens is 1. The molecule has 0 N–H and O–H groups in total. The first kappa shape index (κ1) is 16.4. The number of fused-ring (bicyclic) bond motifs is 4. The number of para-hydroxylation sites is 2. The molecule has 6 rings (SSSR count). The molecule has 1 saturated heterocycles. The van der Waals surface area contributed by atoms with Crippen molar-refractivity contribution in [2.75, 3.05) is 49.6 Å². The Kier molecular flexibility index (Phi) is 3.66. The van der Waals surface area contributed by atoms with Gasteiger partial charge in [0.15, 0.2) is 5.58 Å². The first-order valence-electron chi connectivity index (χ1n) is 10.5. The van der Waals surface area contributed by atoms with Crippen LogP contribution in [0.3, 0.4) is 0 Å². The zero-order valence-electron chi connectivity index (χ0n) is 16.3. The number of anilines is 2. The second-order valence-electron chi connectivity index (χ2n) is 8.47. The summed E-state index contributed by atoms with van der Waals surface area (Å²) in [4.78, 5) is 7.75. The number of benzene rings is 2. The number of nitrogens with zero attached hydrogens (tertiary/aromatic N) is 4. The summed E-state index contributed by atoms with van der Waals surface area (Å²) in [7, 11) is 2.23. The predicted molar refractivity (Wildman–Crippen MR) is 112 cm³/mol. The predicted octanol–water partition coefficient (Wildman–Crippen LogP) is 3.50. The Morgan fingerprint density at radius 1 is 1.07 bits per heavy atom. The lowest BCUT2D eigenvalue weighted by molar-refractivity contribution is 0.194. The van der Waals surface area contributed by atoms with E-state index in [2.05, 4.69) is 57.2 Å². The van der Waals surface area contributed by atoms with E-state index in [-0.39, 0.29) is 0 Å². The average molecular weight is 374 g/mol. The molecule has 5 heteroatoms. The first-order valence-corrected chi connectivity index (χ1v) is 10.5. The molecular weight excluding hydrogens is 348 g/mol. The maximum atomic E-state index is 5.48. The lowest BCUT2D eigenvalue weighted by Crippen LogP contribution is -2.49. The van der Waals surface area contributed by atoms with Gasteiger partial charge in [-0.05, 0) is 30.2 Å². The molecule has 144 valence electrons. The van der Waals surface area contributed by atoms with E-state index in [1.165, 1.54) is 24.3 Å². The smallest absolute Gasteiger partial charge is 0.167 e. The standard InChI is InChI=1S/C23H26N4O/c1-25-13-14-27-20-10-12-26(15-18(20)16-6-4-7-21(25)23(16)27)11-9-19-17-5-2-3-8-22(17)28-24-19/h2-8,18,20H,9-15H2,1H3/t18-,20-/m0/s1. The Morgan fingerprint density at radius 2 is 2.00 bits per heavy atom. The van der Waals surface area contributed by atoms with Crippen LogP contribution in [0, 0.1) is 0 Å². The lowest BCUT2D eigenvalue weighted by atomic mass is 9.89. The van der Waals surface area contributed by atoms with Crippen molar-refractivity contribution in [1.82, 2.24) is 10.1 Å². The summed E-state index contributed by atoms with van der Waals surface area (Å²) in [6.45, 7) is 5.66. The van der Waals surface area contributed by atoms with Gasteiger partial charge in [-0.2, -0.15) is 0 Å². The van der Waals surface area contributed by atoms with E-state index < -0.39 is 0 Å². The molecule has 0 bridgehead atoms. The van der Waals surface area contributed by atoms with Gasteiger partial charge in [0.05, 0.1) is 17.1 Å². The van der Waals surface area contributed by atoms with Crippen molar-refractivity contribution < 1.29 is 4.52 Å². The number of likely N-dealkylation sites (N-methyl/N-ethyl adjacent to an activating group) is 1. The monoisotopic (exact) mass is 374 g/mol. The van der Waals surface area contributed by atoms with Crippen LogP contribution in [0.5, 0.6) is 0 Å². The van der Waals surface area contributed by atoms with E-state index in [9.17, 15) is 0 Å². The van der Waals surface area contributed by atoms with Gasteiger partial charge in [0.25, 0.3) is 0 Å². The summed E-state index contributed by atoms with van der Waals surface area (Å²) in [5, 5.41) is 5.48. The van der Waals surface area contributed by atoms with Crippen LogP contribution in [0.15, 0.2) is 47.0 Å². The molecule has 0 unspecified atom stereocenters. The highest BCUT2D eigenvalue weighted by molar-refractivity contribution is 5.81. The van der Waals surface area contributed by atoms with E-state index in [1.807, 2.05) is 12.1 Å². The Balaban J connectivity index is 1.22. The van der Waals surface area contributed by atoms with Crippen LogP contribution in [0.2, 0.25) is 0 Å². The van der Waals surface area contributed by atoms with Gasteiger partial charge >= 0.3 is 0 Å². The summed E-state index contributed by atoms with van der Waals surface area (Å²) >= 11 is 0. The Hall–Kier alpha value is -2.53. The van der Waals surface area contributed by atoms with Crippen LogP contribution in [0.1, 0.15) is 23.6 Å². The third-order valence-corrected chi connectivity index (χ3v) is 7.00. The molecule has 3 aliphatic rings. The largest absolute Gasteiger partial charge is 0.371 e. The summed E-state index contributed by atoms with van der Waals surface area (Å²) in [5.41, 5.74) is 6.47. The number of hydrogen-bond donors (Lipinski definition) is 0. The van der Waals surface area contributed by atoms with E-state index >= 15 is 0 Å². The van der Waals surface area contributed by atoms with Crippen molar-refractivity contribution >= 4 is 22.3 Å². The topological polar surface area (TPSA) is 35.8 Å². The Labute approximate surface area is 165 Å². The van der Waals surface area contributed by atoms with Crippen LogP contribution in [-0.2, 0) is 6.42 Å². The second kappa shape index (κ2) is 6.24. The Bertz CT molecular complexity index is 1030.